The first kappa shape index (κ1) is 16.2. The third-order valence-corrected chi connectivity index (χ3v) is 4.04. The summed E-state index contributed by atoms with van der Waals surface area (Å²) in [5.41, 5.74) is 3.17. The van der Waals surface area contributed by atoms with E-state index in [0.29, 0.717) is 16.4 Å². The molecule has 0 aliphatic heterocycles. The standard InChI is InChI=1S/C19H14ClN5O/c1-12-9-18(25(24-12)14-6-4-5-13(20)10-14)23-19(26)17-11-21-15-7-2-3-8-16(15)22-17/h2-11H,1H3,(H,23,26). The van der Waals surface area contributed by atoms with E-state index >= 15 is 0 Å². The van der Waals surface area contributed by atoms with Gasteiger partial charge in [0.25, 0.3) is 5.91 Å². The highest BCUT2D eigenvalue weighted by Gasteiger charge is 2.14. The van der Waals surface area contributed by atoms with E-state index in [2.05, 4.69) is 20.4 Å². The van der Waals surface area contributed by atoms with Gasteiger partial charge in [-0.15, -0.1) is 0 Å². The van der Waals surface area contributed by atoms with E-state index in [9.17, 15) is 4.79 Å². The number of halogens is 1. The second kappa shape index (κ2) is 6.57. The molecule has 4 rings (SSSR count). The molecular formula is C19H14ClN5O. The fraction of sp³-hybridized carbons (Fsp3) is 0.0526. The number of nitrogens with zero attached hydrogens (tertiary/aromatic N) is 4. The van der Waals surface area contributed by atoms with Crippen LogP contribution in [-0.2, 0) is 0 Å². The van der Waals surface area contributed by atoms with Gasteiger partial charge in [-0.05, 0) is 37.3 Å². The normalized spacial score (nSPS) is 10.8. The van der Waals surface area contributed by atoms with Crippen LogP contribution in [0.2, 0.25) is 5.02 Å². The zero-order chi connectivity index (χ0) is 18.1. The number of benzene rings is 2. The molecule has 0 atom stereocenters. The van der Waals surface area contributed by atoms with Crippen LogP contribution in [0.1, 0.15) is 16.2 Å². The quantitative estimate of drug-likeness (QED) is 0.596. The number of aromatic nitrogens is 4. The minimum absolute atomic E-state index is 0.236. The molecule has 0 radical (unpaired) electrons. The molecule has 0 bridgehead atoms. The molecule has 0 fully saturated rings. The minimum Gasteiger partial charge on any atom is -0.305 e. The lowest BCUT2D eigenvalue weighted by Crippen LogP contribution is -2.16. The van der Waals surface area contributed by atoms with Crippen LogP contribution in [0.4, 0.5) is 5.82 Å². The number of nitrogens with one attached hydrogen (secondary N) is 1. The Balaban J connectivity index is 1.67. The van der Waals surface area contributed by atoms with Gasteiger partial charge in [0.2, 0.25) is 0 Å². The molecule has 128 valence electrons. The predicted molar refractivity (Wildman–Crippen MR) is 101 cm³/mol. The smallest absolute Gasteiger partial charge is 0.277 e. The maximum Gasteiger partial charge on any atom is 0.277 e. The van der Waals surface area contributed by atoms with Crippen LogP contribution in [0.25, 0.3) is 16.7 Å². The van der Waals surface area contributed by atoms with E-state index in [-0.39, 0.29) is 11.6 Å². The van der Waals surface area contributed by atoms with Gasteiger partial charge in [-0.2, -0.15) is 5.10 Å². The fourth-order valence-corrected chi connectivity index (χ4v) is 2.82. The first-order valence-corrected chi connectivity index (χ1v) is 8.34. The SMILES string of the molecule is Cc1cc(NC(=O)c2cnc3ccccc3n2)n(-c2cccc(Cl)c2)n1. The third-order valence-electron chi connectivity index (χ3n) is 3.81. The molecule has 0 saturated heterocycles. The molecule has 0 aliphatic carbocycles. The second-order valence-corrected chi connectivity index (χ2v) is 6.20. The Bertz CT molecular complexity index is 1120. The molecule has 0 unspecified atom stereocenters. The summed E-state index contributed by atoms with van der Waals surface area (Å²) < 4.78 is 1.63. The lowest BCUT2D eigenvalue weighted by atomic mass is 10.3. The van der Waals surface area contributed by atoms with Crippen molar-refractivity contribution in [2.45, 2.75) is 6.92 Å². The lowest BCUT2D eigenvalue weighted by molar-refractivity contribution is 0.102. The number of aryl methyl sites for hydroxylation is 1. The molecule has 2 aromatic carbocycles. The molecule has 2 aromatic heterocycles. The topological polar surface area (TPSA) is 72.7 Å². The Morgan fingerprint density at radius 3 is 2.69 bits per heavy atom. The van der Waals surface area contributed by atoms with Gasteiger partial charge < -0.3 is 5.32 Å². The molecule has 0 aliphatic rings. The van der Waals surface area contributed by atoms with Crippen molar-refractivity contribution in [1.82, 2.24) is 19.7 Å². The zero-order valence-corrected chi connectivity index (χ0v) is 14.6. The van der Waals surface area contributed by atoms with E-state index in [1.54, 1.807) is 22.9 Å². The maximum absolute atomic E-state index is 12.6. The summed E-state index contributed by atoms with van der Waals surface area (Å²) in [5.74, 6) is 0.177. The van der Waals surface area contributed by atoms with E-state index in [0.717, 1.165) is 16.9 Å². The van der Waals surface area contributed by atoms with Crippen LogP contribution in [0.5, 0.6) is 0 Å². The molecule has 7 heteroatoms. The van der Waals surface area contributed by atoms with Gasteiger partial charge in [0.05, 0.1) is 28.6 Å². The maximum atomic E-state index is 12.6. The van der Waals surface area contributed by atoms with E-state index in [1.165, 1.54) is 6.20 Å². The second-order valence-electron chi connectivity index (χ2n) is 5.76. The predicted octanol–water partition coefficient (Wildman–Crippen LogP) is 4.03. The van der Waals surface area contributed by atoms with Crippen molar-refractivity contribution in [2.24, 2.45) is 0 Å². The number of fused-ring (bicyclic) bond motifs is 1. The average molecular weight is 364 g/mol. The Labute approximate surface area is 154 Å². The summed E-state index contributed by atoms with van der Waals surface area (Å²) >= 11 is 6.06. The Hall–Kier alpha value is -3.25. The highest BCUT2D eigenvalue weighted by atomic mass is 35.5. The van der Waals surface area contributed by atoms with Crippen molar-refractivity contribution in [3.63, 3.8) is 0 Å². The van der Waals surface area contributed by atoms with Crippen molar-refractivity contribution in [2.75, 3.05) is 5.32 Å². The average Bonchev–Trinajstić information content (AvgIpc) is 3.01. The number of hydrogen-bond donors (Lipinski definition) is 1. The van der Waals surface area contributed by atoms with Crippen LogP contribution in [0.3, 0.4) is 0 Å². The van der Waals surface area contributed by atoms with Crippen LogP contribution in [-0.4, -0.2) is 25.7 Å². The highest BCUT2D eigenvalue weighted by molar-refractivity contribution is 6.30. The summed E-state index contributed by atoms with van der Waals surface area (Å²) in [5, 5.41) is 7.86. The van der Waals surface area contributed by atoms with Gasteiger partial charge in [-0.3, -0.25) is 9.78 Å². The van der Waals surface area contributed by atoms with Crippen molar-refractivity contribution in [3.8, 4) is 5.69 Å². The molecule has 4 aromatic rings. The van der Waals surface area contributed by atoms with Crippen molar-refractivity contribution >= 4 is 34.4 Å². The fourth-order valence-electron chi connectivity index (χ4n) is 2.64. The van der Waals surface area contributed by atoms with E-state index in [1.807, 2.05) is 43.3 Å². The summed E-state index contributed by atoms with van der Waals surface area (Å²) in [7, 11) is 0. The zero-order valence-electron chi connectivity index (χ0n) is 13.8. The van der Waals surface area contributed by atoms with Crippen molar-refractivity contribution in [3.05, 3.63) is 77.2 Å². The number of carbonyl (C=O) groups excluding carboxylic acids is 1. The Morgan fingerprint density at radius 1 is 1.08 bits per heavy atom. The Morgan fingerprint density at radius 2 is 1.88 bits per heavy atom. The highest BCUT2D eigenvalue weighted by Crippen LogP contribution is 2.20. The summed E-state index contributed by atoms with van der Waals surface area (Å²) in [6, 6.07) is 16.4. The minimum atomic E-state index is -0.355. The first-order chi connectivity index (χ1) is 12.6. The van der Waals surface area contributed by atoms with Gasteiger partial charge in [0.15, 0.2) is 0 Å². The molecule has 1 N–H and O–H groups in total. The summed E-state index contributed by atoms with van der Waals surface area (Å²) in [6.45, 7) is 1.85. The molecule has 26 heavy (non-hydrogen) atoms. The summed E-state index contributed by atoms with van der Waals surface area (Å²) in [4.78, 5) is 21.3. The number of amides is 1. The van der Waals surface area contributed by atoms with Gasteiger partial charge in [0.1, 0.15) is 11.5 Å². The molecule has 1 amide bonds. The van der Waals surface area contributed by atoms with E-state index in [4.69, 9.17) is 11.6 Å². The third kappa shape index (κ3) is 3.14. The molecule has 0 saturated carbocycles. The first-order valence-electron chi connectivity index (χ1n) is 7.96. The van der Waals surface area contributed by atoms with Gasteiger partial charge >= 0.3 is 0 Å². The van der Waals surface area contributed by atoms with Crippen molar-refractivity contribution in [1.29, 1.82) is 0 Å². The monoisotopic (exact) mass is 363 g/mol. The number of carbonyl (C=O) groups is 1. The number of rotatable bonds is 3. The van der Waals surface area contributed by atoms with Crippen molar-refractivity contribution < 1.29 is 4.79 Å². The molecule has 2 heterocycles. The molecule has 0 spiro atoms. The lowest BCUT2D eigenvalue weighted by Gasteiger charge is -2.09. The van der Waals surface area contributed by atoms with E-state index < -0.39 is 0 Å². The number of hydrogen-bond acceptors (Lipinski definition) is 4. The largest absolute Gasteiger partial charge is 0.305 e. The Kier molecular flexibility index (Phi) is 4.10. The van der Waals surface area contributed by atoms with Gasteiger partial charge in [-0.25, -0.2) is 9.67 Å². The number of anilines is 1. The van der Waals surface area contributed by atoms with Gasteiger partial charge in [0, 0.05) is 11.1 Å². The van der Waals surface area contributed by atoms with Crippen LogP contribution in [0.15, 0.2) is 60.8 Å². The number of para-hydroxylation sites is 2. The van der Waals surface area contributed by atoms with Crippen LogP contribution < -0.4 is 5.32 Å². The van der Waals surface area contributed by atoms with Gasteiger partial charge in [-0.1, -0.05) is 29.8 Å². The molecular weight excluding hydrogens is 350 g/mol. The summed E-state index contributed by atoms with van der Waals surface area (Å²) in [6.07, 6.45) is 1.46. The molecule has 6 nitrogen and oxygen atoms in total. The van der Waals surface area contributed by atoms with Crippen LogP contribution >= 0.6 is 11.6 Å². The van der Waals surface area contributed by atoms with Crippen LogP contribution in [0, 0.1) is 6.92 Å².